The van der Waals surface area contributed by atoms with Gasteiger partial charge in [0.15, 0.2) is 18.1 Å². The molecule has 2 aromatic carbocycles. The maximum atomic E-state index is 12.3. The molecule has 0 spiro atoms. The van der Waals surface area contributed by atoms with Gasteiger partial charge in [0.05, 0.1) is 30.8 Å². The zero-order valence-electron chi connectivity index (χ0n) is 17.4. The highest BCUT2D eigenvalue weighted by Crippen LogP contribution is 2.34. The van der Waals surface area contributed by atoms with Crippen molar-refractivity contribution in [2.75, 3.05) is 20.8 Å². The third kappa shape index (κ3) is 6.60. The van der Waals surface area contributed by atoms with Crippen molar-refractivity contribution >= 4 is 17.7 Å². The van der Waals surface area contributed by atoms with E-state index < -0.39 is 36.2 Å². The molecule has 1 amide bonds. The molecule has 0 unspecified atom stereocenters. The number of rotatable bonds is 10. The van der Waals surface area contributed by atoms with E-state index in [9.17, 15) is 19.7 Å². The van der Waals surface area contributed by atoms with Gasteiger partial charge in [0.2, 0.25) is 0 Å². The Morgan fingerprint density at radius 1 is 1.12 bits per heavy atom. The van der Waals surface area contributed by atoms with Crippen LogP contribution < -0.4 is 14.8 Å². The number of hydrogen-bond donors (Lipinski definition) is 1. The number of alkyl carbamates (subject to hydrolysis) is 1. The Bertz CT molecular complexity index is 1000. The van der Waals surface area contributed by atoms with Crippen LogP contribution in [0.4, 0.5) is 10.5 Å². The number of nitriles is 1. The van der Waals surface area contributed by atoms with Crippen LogP contribution in [0.25, 0.3) is 0 Å². The number of benzene rings is 2. The molecule has 11 nitrogen and oxygen atoms in total. The monoisotopic (exact) mass is 443 g/mol. The number of carbonyl (C=O) groups excluding carboxylic acids is 2. The van der Waals surface area contributed by atoms with Gasteiger partial charge in [-0.15, -0.1) is 0 Å². The predicted octanol–water partition coefficient (Wildman–Crippen LogP) is 2.52. The van der Waals surface area contributed by atoms with Crippen molar-refractivity contribution in [3.05, 3.63) is 63.7 Å². The highest BCUT2D eigenvalue weighted by molar-refractivity contribution is 5.81. The summed E-state index contributed by atoms with van der Waals surface area (Å²) in [5.74, 6) is -0.445. The smallest absolute Gasteiger partial charge is 0.408 e. The van der Waals surface area contributed by atoms with Crippen LogP contribution in [0.2, 0.25) is 0 Å². The van der Waals surface area contributed by atoms with Gasteiger partial charge in [0.25, 0.3) is 5.69 Å². The minimum atomic E-state index is -1.13. The number of esters is 1. The van der Waals surface area contributed by atoms with E-state index in [0.29, 0.717) is 0 Å². The van der Waals surface area contributed by atoms with Crippen LogP contribution in [0.5, 0.6) is 11.5 Å². The van der Waals surface area contributed by atoms with Crippen molar-refractivity contribution < 1.29 is 33.5 Å². The van der Waals surface area contributed by atoms with Crippen molar-refractivity contribution in [3.8, 4) is 17.6 Å². The van der Waals surface area contributed by atoms with Crippen LogP contribution in [-0.4, -0.2) is 43.9 Å². The summed E-state index contributed by atoms with van der Waals surface area (Å²) in [6.07, 6.45) is -0.902. The Morgan fingerprint density at radius 3 is 2.38 bits per heavy atom. The van der Waals surface area contributed by atoms with Gasteiger partial charge in [-0.2, -0.15) is 5.26 Å². The van der Waals surface area contributed by atoms with E-state index in [0.717, 1.165) is 11.6 Å². The Morgan fingerprint density at radius 2 is 1.78 bits per heavy atom. The quantitative estimate of drug-likeness (QED) is 0.332. The molecule has 0 aromatic heterocycles. The number of nitro groups is 1. The van der Waals surface area contributed by atoms with Crippen LogP contribution >= 0.6 is 0 Å². The predicted molar refractivity (Wildman–Crippen MR) is 110 cm³/mol. The summed E-state index contributed by atoms with van der Waals surface area (Å²) in [7, 11) is 2.70. The Kier molecular flexibility index (Phi) is 8.79. The van der Waals surface area contributed by atoms with Gasteiger partial charge in [0.1, 0.15) is 18.7 Å². The Hall–Kier alpha value is -4.33. The van der Waals surface area contributed by atoms with Crippen molar-refractivity contribution in [1.29, 1.82) is 5.26 Å². The lowest BCUT2D eigenvalue weighted by atomic mass is 10.1. The summed E-state index contributed by atoms with van der Waals surface area (Å²) in [6, 6.07) is 11.9. The number of nitrogens with one attached hydrogen (secondary N) is 1. The van der Waals surface area contributed by atoms with Crippen molar-refractivity contribution in [2.45, 2.75) is 19.1 Å². The summed E-state index contributed by atoms with van der Waals surface area (Å²) in [6.45, 7) is -0.938. The number of nitrogens with zero attached hydrogens (tertiary/aromatic N) is 2. The maximum absolute atomic E-state index is 12.3. The minimum Gasteiger partial charge on any atom is -0.493 e. The van der Waals surface area contributed by atoms with E-state index in [-0.39, 0.29) is 29.2 Å². The topological polar surface area (TPSA) is 150 Å². The number of carbonyl (C=O) groups is 2. The first-order valence-corrected chi connectivity index (χ1v) is 9.29. The highest BCUT2D eigenvalue weighted by Gasteiger charge is 2.25. The number of amides is 1. The molecule has 0 aliphatic heterocycles. The number of nitro benzene ring substituents is 1. The lowest BCUT2D eigenvalue weighted by Crippen LogP contribution is -2.43. The lowest BCUT2D eigenvalue weighted by molar-refractivity contribution is -0.385. The second-order valence-corrected chi connectivity index (χ2v) is 6.32. The number of hydrogen-bond acceptors (Lipinski definition) is 9. The normalized spacial score (nSPS) is 10.9. The second kappa shape index (κ2) is 11.8. The first-order valence-electron chi connectivity index (χ1n) is 9.29. The van der Waals surface area contributed by atoms with Gasteiger partial charge in [0, 0.05) is 6.42 Å². The molecule has 0 bridgehead atoms. The summed E-state index contributed by atoms with van der Waals surface area (Å²) in [5, 5.41) is 22.4. The fraction of sp³-hybridized carbons (Fsp3) is 0.286. The summed E-state index contributed by atoms with van der Waals surface area (Å²) in [4.78, 5) is 35.3. The maximum Gasteiger partial charge on any atom is 0.408 e. The van der Waals surface area contributed by atoms with Crippen LogP contribution in [0, 0.1) is 21.4 Å². The Labute approximate surface area is 183 Å². The molecular formula is C21H21N3O8. The van der Waals surface area contributed by atoms with Crippen LogP contribution in [0.1, 0.15) is 11.1 Å². The van der Waals surface area contributed by atoms with Gasteiger partial charge < -0.3 is 24.3 Å². The molecule has 2 aromatic rings. The first-order chi connectivity index (χ1) is 15.4. The van der Waals surface area contributed by atoms with E-state index in [1.807, 2.05) is 0 Å². The molecule has 0 saturated carbocycles. The molecule has 0 aliphatic carbocycles. The molecule has 0 radical (unpaired) electrons. The molecule has 1 atom stereocenters. The molecule has 32 heavy (non-hydrogen) atoms. The number of ether oxygens (including phenoxy) is 4. The van der Waals surface area contributed by atoms with Crippen molar-refractivity contribution in [1.82, 2.24) is 5.32 Å². The molecular weight excluding hydrogens is 422 g/mol. The highest BCUT2D eigenvalue weighted by atomic mass is 16.6. The Balaban J connectivity index is 2.13. The van der Waals surface area contributed by atoms with E-state index >= 15 is 0 Å². The van der Waals surface area contributed by atoms with Gasteiger partial charge in [-0.1, -0.05) is 30.3 Å². The van der Waals surface area contributed by atoms with Gasteiger partial charge in [-0.05, 0) is 11.6 Å². The van der Waals surface area contributed by atoms with Crippen molar-refractivity contribution in [3.63, 3.8) is 0 Å². The lowest BCUT2D eigenvalue weighted by Gasteiger charge is -2.17. The SMILES string of the molecule is COc1cc(COC(=O)N[C@@H](Cc2ccccc2)C(=O)OCC#N)c([N+](=O)[O-])cc1OC. The standard InChI is InChI=1S/C21H21N3O8/c1-29-18-11-15(17(24(27)28)12-19(18)30-2)13-32-21(26)23-16(20(25)31-9-8-22)10-14-6-4-3-5-7-14/h3-7,11-12,16H,9-10,13H2,1-2H3,(H,23,26)/t16-/m0/s1. The van der Waals surface area contributed by atoms with Crippen LogP contribution in [-0.2, 0) is 27.3 Å². The fourth-order valence-electron chi connectivity index (χ4n) is 2.77. The summed E-state index contributed by atoms with van der Waals surface area (Å²) in [5.41, 5.74) is 0.474. The van der Waals surface area contributed by atoms with Gasteiger partial charge in [-0.3, -0.25) is 10.1 Å². The molecule has 11 heteroatoms. The minimum absolute atomic E-state index is 0.0643. The van der Waals surface area contributed by atoms with Crippen LogP contribution in [0.15, 0.2) is 42.5 Å². The van der Waals surface area contributed by atoms with Gasteiger partial charge in [-0.25, -0.2) is 9.59 Å². The fourth-order valence-corrected chi connectivity index (χ4v) is 2.77. The number of methoxy groups -OCH3 is 2. The molecule has 2 rings (SSSR count). The van der Waals surface area contributed by atoms with Crippen LogP contribution in [0.3, 0.4) is 0 Å². The largest absolute Gasteiger partial charge is 0.493 e. The van der Waals surface area contributed by atoms with Crippen molar-refractivity contribution in [2.24, 2.45) is 0 Å². The third-order valence-electron chi connectivity index (χ3n) is 4.28. The molecule has 0 aliphatic rings. The summed E-state index contributed by atoms with van der Waals surface area (Å²) < 4.78 is 20.1. The molecule has 0 saturated heterocycles. The van der Waals surface area contributed by atoms with Gasteiger partial charge >= 0.3 is 12.1 Å². The zero-order chi connectivity index (χ0) is 23.5. The molecule has 0 heterocycles. The first kappa shape index (κ1) is 23.9. The average molecular weight is 443 g/mol. The van der Waals surface area contributed by atoms with E-state index in [1.54, 1.807) is 36.4 Å². The molecule has 0 fully saturated rings. The zero-order valence-corrected chi connectivity index (χ0v) is 17.4. The third-order valence-corrected chi connectivity index (χ3v) is 4.28. The summed E-state index contributed by atoms with van der Waals surface area (Å²) >= 11 is 0. The second-order valence-electron chi connectivity index (χ2n) is 6.32. The molecule has 168 valence electrons. The molecule has 1 N–H and O–H groups in total. The van der Waals surface area contributed by atoms with E-state index in [2.05, 4.69) is 5.32 Å². The van der Waals surface area contributed by atoms with E-state index in [1.165, 1.54) is 20.3 Å². The average Bonchev–Trinajstić information content (AvgIpc) is 2.80. The van der Waals surface area contributed by atoms with E-state index in [4.69, 9.17) is 24.2 Å².